The van der Waals surface area contributed by atoms with Crippen molar-refractivity contribution in [3.63, 3.8) is 0 Å². The molecule has 2 rings (SSSR count). The predicted molar refractivity (Wildman–Crippen MR) is 55.5 cm³/mol. The van der Waals surface area contributed by atoms with E-state index in [4.69, 9.17) is 8.37 Å². The van der Waals surface area contributed by atoms with Crippen LogP contribution in [0.4, 0.5) is 0 Å². The van der Waals surface area contributed by atoms with E-state index in [1.165, 1.54) is 0 Å². The van der Waals surface area contributed by atoms with E-state index in [2.05, 4.69) is 4.72 Å². The summed E-state index contributed by atoms with van der Waals surface area (Å²) >= 11 is 0. The van der Waals surface area contributed by atoms with Gasteiger partial charge < -0.3 is 8.37 Å². The van der Waals surface area contributed by atoms with Gasteiger partial charge in [-0.1, -0.05) is 12.2 Å². The molecule has 0 saturated carbocycles. The normalized spacial score (nSPS) is 26.4. The molecule has 0 fully saturated rings. The number of hydrogen-bond acceptors (Lipinski definition) is 5. The molecule has 2 aliphatic heterocycles. The molecule has 15 heavy (non-hydrogen) atoms. The fraction of sp³-hybridized carbons (Fsp3) is 0.333. The number of nitrogens with one attached hydrogen (secondary N) is 1. The summed E-state index contributed by atoms with van der Waals surface area (Å²) in [4.78, 5) is 22.5. The number of hydrogen-bond donors (Lipinski definition) is 1. The molecule has 0 saturated heterocycles. The van der Waals surface area contributed by atoms with E-state index in [1.807, 2.05) is 12.2 Å². The molecule has 0 radical (unpaired) electrons. The van der Waals surface area contributed by atoms with Crippen LogP contribution in [0.2, 0.25) is 0 Å². The van der Waals surface area contributed by atoms with E-state index < -0.39 is 22.7 Å². The Bertz CT molecular complexity index is 318. The average Bonchev–Trinajstić information content (AvgIpc) is 2.47. The molecule has 0 bridgehead atoms. The largest absolute Gasteiger partial charge is 0.355 e. The second-order valence-electron chi connectivity index (χ2n) is 3.07. The monoisotopic (exact) mass is 229 g/mol. The SMILES string of the molecule is O=C1C=CC(=O)OS2(CCC=CCN2)O1. The molecule has 0 aromatic rings. The molecule has 1 spiro atoms. The summed E-state index contributed by atoms with van der Waals surface area (Å²) in [7, 11) is -2.24. The van der Waals surface area contributed by atoms with Crippen LogP contribution < -0.4 is 4.72 Å². The third-order valence-electron chi connectivity index (χ3n) is 1.93. The zero-order chi connectivity index (χ0) is 10.7. The fourth-order valence-corrected chi connectivity index (χ4v) is 3.19. The highest BCUT2D eigenvalue weighted by atomic mass is 32.3. The number of allylic oxidation sites excluding steroid dienone is 1. The molecular weight excluding hydrogens is 218 g/mol. The highest BCUT2D eigenvalue weighted by molar-refractivity contribution is 8.24. The summed E-state index contributed by atoms with van der Waals surface area (Å²) in [6, 6.07) is 0. The quantitative estimate of drug-likeness (QED) is 0.621. The van der Waals surface area contributed by atoms with E-state index in [-0.39, 0.29) is 0 Å². The average molecular weight is 229 g/mol. The molecule has 0 aromatic heterocycles. The highest BCUT2D eigenvalue weighted by Gasteiger charge is 2.29. The van der Waals surface area contributed by atoms with Crippen LogP contribution in [0.1, 0.15) is 6.42 Å². The first-order chi connectivity index (χ1) is 7.20. The van der Waals surface area contributed by atoms with Gasteiger partial charge in [0.1, 0.15) is 0 Å². The van der Waals surface area contributed by atoms with E-state index >= 15 is 0 Å². The lowest BCUT2D eigenvalue weighted by molar-refractivity contribution is -0.129. The number of rotatable bonds is 0. The van der Waals surface area contributed by atoms with Crippen LogP contribution in [-0.2, 0) is 18.0 Å². The Hall–Kier alpha value is -1.27. The van der Waals surface area contributed by atoms with Crippen molar-refractivity contribution in [1.82, 2.24) is 4.72 Å². The predicted octanol–water partition coefficient (Wildman–Crippen LogP) is 0.742. The molecular formula is C9H11NO4S. The molecule has 0 aliphatic carbocycles. The van der Waals surface area contributed by atoms with Crippen LogP contribution in [0.15, 0.2) is 24.3 Å². The molecule has 82 valence electrons. The summed E-state index contributed by atoms with van der Waals surface area (Å²) < 4.78 is 13.3. The van der Waals surface area contributed by atoms with Gasteiger partial charge in [-0.15, -0.1) is 0 Å². The summed E-state index contributed by atoms with van der Waals surface area (Å²) in [5.41, 5.74) is 0. The van der Waals surface area contributed by atoms with Crippen LogP contribution in [0.25, 0.3) is 0 Å². The maximum atomic E-state index is 11.2. The Morgan fingerprint density at radius 3 is 2.47 bits per heavy atom. The summed E-state index contributed by atoms with van der Waals surface area (Å²) in [6.45, 7) is 0.538. The van der Waals surface area contributed by atoms with Crippen molar-refractivity contribution in [1.29, 1.82) is 0 Å². The molecule has 5 nitrogen and oxygen atoms in total. The lowest BCUT2D eigenvalue weighted by atomic mass is 10.4. The van der Waals surface area contributed by atoms with Gasteiger partial charge >= 0.3 is 11.9 Å². The van der Waals surface area contributed by atoms with Gasteiger partial charge in [0.2, 0.25) is 0 Å². The third kappa shape index (κ3) is 2.40. The van der Waals surface area contributed by atoms with Crippen LogP contribution in [-0.4, -0.2) is 24.2 Å². The minimum atomic E-state index is -2.24. The van der Waals surface area contributed by atoms with Crippen molar-refractivity contribution in [2.45, 2.75) is 6.42 Å². The molecule has 2 aliphatic rings. The van der Waals surface area contributed by atoms with E-state index in [9.17, 15) is 9.59 Å². The lowest BCUT2D eigenvalue weighted by Gasteiger charge is -2.39. The van der Waals surface area contributed by atoms with Crippen LogP contribution in [0.5, 0.6) is 0 Å². The molecule has 0 aromatic carbocycles. The van der Waals surface area contributed by atoms with Gasteiger partial charge in [-0.3, -0.25) is 0 Å². The second-order valence-corrected chi connectivity index (χ2v) is 5.33. The van der Waals surface area contributed by atoms with Gasteiger partial charge in [-0.2, -0.15) is 4.72 Å². The lowest BCUT2D eigenvalue weighted by Crippen LogP contribution is -2.28. The van der Waals surface area contributed by atoms with Gasteiger partial charge in [0.05, 0.1) is 5.75 Å². The molecule has 0 atom stereocenters. The van der Waals surface area contributed by atoms with Crippen molar-refractivity contribution in [2.24, 2.45) is 0 Å². The van der Waals surface area contributed by atoms with Crippen molar-refractivity contribution >= 4 is 22.7 Å². The van der Waals surface area contributed by atoms with Crippen LogP contribution in [0.3, 0.4) is 0 Å². The van der Waals surface area contributed by atoms with E-state index in [0.29, 0.717) is 12.3 Å². The minimum Gasteiger partial charge on any atom is -0.326 e. The zero-order valence-corrected chi connectivity index (χ0v) is 8.79. The smallest absolute Gasteiger partial charge is 0.326 e. The summed E-state index contributed by atoms with van der Waals surface area (Å²) in [5.74, 6) is -0.571. The Morgan fingerprint density at radius 2 is 1.80 bits per heavy atom. The standard InChI is InChI=1S/C9H11NO4S/c11-8-4-5-9(12)14-15(13-8)7-3-1-2-6-10-15/h1-2,4-5,10H,3,6-7H2. The molecule has 0 amide bonds. The van der Waals surface area contributed by atoms with Crippen molar-refractivity contribution in [2.75, 3.05) is 12.3 Å². The van der Waals surface area contributed by atoms with Crippen molar-refractivity contribution in [3.05, 3.63) is 24.3 Å². The topological polar surface area (TPSA) is 64.6 Å². The maximum absolute atomic E-state index is 11.2. The molecule has 6 heteroatoms. The first-order valence-electron chi connectivity index (χ1n) is 4.56. The van der Waals surface area contributed by atoms with Gasteiger partial charge in [0.25, 0.3) is 0 Å². The van der Waals surface area contributed by atoms with Gasteiger partial charge in [-0.25, -0.2) is 9.59 Å². The van der Waals surface area contributed by atoms with Crippen LogP contribution in [0, 0.1) is 0 Å². The Kier molecular flexibility index (Phi) is 2.79. The maximum Gasteiger partial charge on any atom is 0.355 e. The van der Waals surface area contributed by atoms with E-state index in [0.717, 1.165) is 18.6 Å². The second kappa shape index (κ2) is 4.08. The van der Waals surface area contributed by atoms with Gasteiger partial charge in [0.15, 0.2) is 0 Å². The Balaban J connectivity index is 2.19. The zero-order valence-electron chi connectivity index (χ0n) is 7.97. The van der Waals surface area contributed by atoms with E-state index in [1.54, 1.807) is 0 Å². The molecule has 0 unspecified atom stereocenters. The Labute approximate surface area is 89.0 Å². The van der Waals surface area contributed by atoms with Crippen molar-refractivity contribution in [3.8, 4) is 0 Å². The molecule has 1 N–H and O–H groups in total. The number of carbonyl (C=O) groups excluding carboxylic acids is 2. The number of carbonyl (C=O) groups is 2. The van der Waals surface area contributed by atoms with Crippen molar-refractivity contribution < 1.29 is 18.0 Å². The van der Waals surface area contributed by atoms with Gasteiger partial charge in [0, 0.05) is 18.7 Å². The minimum absolute atomic E-state index is 0.503. The Morgan fingerprint density at radius 1 is 1.13 bits per heavy atom. The molecule has 2 heterocycles. The summed E-state index contributed by atoms with van der Waals surface area (Å²) in [5, 5.41) is 0. The fourth-order valence-electron chi connectivity index (χ4n) is 1.29. The first-order valence-corrected chi connectivity index (χ1v) is 6.21. The highest BCUT2D eigenvalue weighted by Crippen LogP contribution is 2.48. The first kappa shape index (κ1) is 10.3. The third-order valence-corrected chi connectivity index (χ3v) is 4.18. The van der Waals surface area contributed by atoms with Gasteiger partial charge in [-0.05, 0) is 17.2 Å². The van der Waals surface area contributed by atoms with Crippen LogP contribution >= 0.6 is 10.8 Å². The summed E-state index contributed by atoms with van der Waals surface area (Å²) in [6.07, 6.45) is 6.79.